The first-order chi connectivity index (χ1) is 11.1. The number of carbonyl (C=O) groups excluding carboxylic acids is 1. The van der Waals surface area contributed by atoms with E-state index in [9.17, 15) is 4.79 Å². The lowest BCUT2D eigenvalue weighted by atomic mass is 9.74. The van der Waals surface area contributed by atoms with Gasteiger partial charge in [0.1, 0.15) is 5.69 Å². The Morgan fingerprint density at radius 1 is 1.04 bits per heavy atom. The van der Waals surface area contributed by atoms with Gasteiger partial charge in [-0.1, -0.05) is 18.2 Å². The maximum atomic E-state index is 12.7. The fourth-order valence-electron chi connectivity index (χ4n) is 4.29. The number of fused-ring (bicyclic) bond motifs is 2. The zero-order chi connectivity index (χ0) is 16.0. The van der Waals surface area contributed by atoms with Crippen molar-refractivity contribution in [2.75, 3.05) is 31.6 Å². The van der Waals surface area contributed by atoms with E-state index >= 15 is 0 Å². The summed E-state index contributed by atoms with van der Waals surface area (Å²) in [6.45, 7) is 2.75. The molecule has 1 saturated heterocycles. The maximum absolute atomic E-state index is 12.7. The van der Waals surface area contributed by atoms with Crippen molar-refractivity contribution in [3.05, 3.63) is 53.9 Å². The first-order valence-electron chi connectivity index (χ1n) is 8.32. The van der Waals surface area contributed by atoms with Crippen LogP contribution in [0.3, 0.4) is 0 Å². The summed E-state index contributed by atoms with van der Waals surface area (Å²) in [4.78, 5) is 17.1. The summed E-state index contributed by atoms with van der Waals surface area (Å²) in [5.74, 6) is 0.159. The van der Waals surface area contributed by atoms with Gasteiger partial charge in [-0.05, 0) is 36.6 Å². The number of likely N-dealkylation sites (tertiary alicyclic amines) is 1. The van der Waals surface area contributed by atoms with Crippen molar-refractivity contribution in [1.29, 1.82) is 0 Å². The minimum atomic E-state index is 0.159. The lowest BCUT2D eigenvalue weighted by molar-refractivity contribution is 0.0665. The number of amides is 1. The van der Waals surface area contributed by atoms with Crippen LogP contribution in [-0.2, 0) is 12.5 Å². The van der Waals surface area contributed by atoms with E-state index in [1.807, 2.05) is 34.8 Å². The van der Waals surface area contributed by atoms with Crippen molar-refractivity contribution in [1.82, 2.24) is 9.47 Å². The highest BCUT2D eigenvalue weighted by molar-refractivity contribution is 5.92. The Morgan fingerprint density at radius 3 is 2.48 bits per heavy atom. The molecule has 0 unspecified atom stereocenters. The molecule has 23 heavy (non-hydrogen) atoms. The molecule has 0 atom stereocenters. The molecular weight excluding hydrogens is 286 g/mol. The topological polar surface area (TPSA) is 28.5 Å². The van der Waals surface area contributed by atoms with Gasteiger partial charge in [-0.15, -0.1) is 0 Å². The molecule has 0 aliphatic carbocycles. The molecule has 1 spiro atoms. The van der Waals surface area contributed by atoms with E-state index in [2.05, 4.69) is 36.2 Å². The molecule has 4 heteroatoms. The van der Waals surface area contributed by atoms with Crippen LogP contribution in [0.1, 0.15) is 28.9 Å². The SMILES string of the molecule is CN1CC2(CCN(C(=O)c3cccn3C)CC2)c2ccccc21. The van der Waals surface area contributed by atoms with Gasteiger partial charge >= 0.3 is 0 Å². The van der Waals surface area contributed by atoms with Gasteiger partial charge in [0.05, 0.1) is 0 Å². The average molecular weight is 309 g/mol. The fourth-order valence-corrected chi connectivity index (χ4v) is 4.29. The van der Waals surface area contributed by atoms with Crippen molar-refractivity contribution >= 4 is 11.6 Å². The molecule has 1 aromatic carbocycles. The monoisotopic (exact) mass is 309 g/mol. The molecule has 0 N–H and O–H groups in total. The zero-order valence-corrected chi connectivity index (χ0v) is 13.8. The van der Waals surface area contributed by atoms with Gasteiger partial charge < -0.3 is 14.4 Å². The number of hydrogen-bond acceptors (Lipinski definition) is 2. The summed E-state index contributed by atoms with van der Waals surface area (Å²) in [6.07, 6.45) is 4.02. The summed E-state index contributed by atoms with van der Waals surface area (Å²) in [5.41, 5.74) is 3.82. The number of nitrogens with zero attached hydrogens (tertiary/aromatic N) is 3. The number of anilines is 1. The van der Waals surface area contributed by atoms with Crippen LogP contribution in [0, 0.1) is 0 Å². The van der Waals surface area contributed by atoms with Crippen molar-refractivity contribution in [2.24, 2.45) is 7.05 Å². The van der Waals surface area contributed by atoms with Gasteiger partial charge in [0.15, 0.2) is 0 Å². The number of para-hydroxylation sites is 1. The predicted molar refractivity (Wildman–Crippen MR) is 91.9 cm³/mol. The zero-order valence-electron chi connectivity index (χ0n) is 13.8. The first kappa shape index (κ1) is 14.4. The van der Waals surface area contributed by atoms with Crippen molar-refractivity contribution in [3.63, 3.8) is 0 Å². The Morgan fingerprint density at radius 2 is 1.78 bits per heavy atom. The number of piperidine rings is 1. The second-order valence-corrected chi connectivity index (χ2v) is 6.95. The van der Waals surface area contributed by atoms with E-state index in [4.69, 9.17) is 0 Å². The number of hydrogen-bond donors (Lipinski definition) is 0. The third-order valence-corrected chi connectivity index (χ3v) is 5.60. The first-order valence-corrected chi connectivity index (χ1v) is 8.32. The molecular formula is C19H23N3O. The Kier molecular flexibility index (Phi) is 3.22. The third kappa shape index (κ3) is 2.16. The summed E-state index contributed by atoms with van der Waals surface area (Å²) in [5, 5.41) is 0. The summed E-state index contributed by atoms with van der Waals surface area (Å²) < 4.78 is 1.91. The molecule has 4 nitrogen and oxygen atoms in total. The van der Waals surface area contributed by atoms with Gasteiger partial charge in [-0.25, -0.2) is 0 Å². The lowest BCUT2D eigenvalue weighted by Gasteiger charge is -2.39. The van der Waals surface area contributed by atoms with Crippen LogP contribution in [-0.4, -0.2) is 42.1 Å². The van der Waals surface area contributed by atoms with Gasteiger partial charge in [-0.2, -0.15) is 0 Å². The standard InChI is InChI=1S/C19H23N3O/c1-20-11-5-8-17(20)18(23)22-12-9-19(10-13-22)14-21(2)16-7-4-3-6-15(16)19/h3-8,11H,9-10,12-14H2,1-2H3. The Balaban J connectivity index is 1.54. The number of aryl methyl sites for hydroxylation is 1. The van der Waals surface area contributed by atoms with Crippen LogP contribution >= 0.6 is 0 Å². The Labute approximate surface area is 137 Å². The average Bonchev–Trinajstić information content (AvgIpc) is 3.11. The van der Waals surface area contributed by atoms with Crippen molar-refractivity contribution < 1.29 is 4.79 Å². The molecule has 0 radical (unpaired) electrons. The van der Waals surface area contributed by atoms with Crippen LogP contribution in [0.4, 0.5) is 5.69 Å². The predicted octanol–water partition coefficient (Wildman–Crippen LogP) is 2.65. The summed E-state index contributed by atoms with van der Waals surface area (Å²) >= 11 is 0. The quantitative estimate of drug-likeness (QED) is 0.810. The van der Waals surface area contributed by atoms with Crippen molar-refractivity contribution in [2.45, 2.75) is 18.3 Å². The summed E-state index contributed by atoms with van der Waals surface area (Å²) in [7, 11) is 4.11. The number of aromatic nitrogens is 1. The molecule has 2 aromatic rings. The number of carbonyl (C=O) groups is 1. The van der Waals surface area contributed by atoms with Gasteiger partial charge in [0, 0.05) is 51.0 Å². The minimum Gasteiger partial charge on any atom is -0.373 e. The second kappa shape index (κ2) is 5.15. The highest BCUT2D eigenvalue weighted by Crippen LogP contribution is 2.46. The lowest BCUT2D eigenvalue weighted by Crippen LogP contribution is -2.47. The third-order valence-electron chi connectivity index (χ3n) is 5.60. The molecule has 4 rings (SSSR count). The van der Waals surface area contributed by atoms with Crippen LogP contribution < -0.4 is 4.90 Å². The largest absolute Gasteiger partial charge is 0.373 e. The van der Waals surface area contributed by atoms with Crippen LogP contribution in [0.15, 0.2) is 42.6 Å². The van der Waals surface area contributed by atoms with E-state index in [1.165, 1.54) is 11.3 Å². The Bertz CT molecular complexity index is 741. The molecule has 0 saturated carbocycles. The number of rotatable bonds is 1. The summed E-state index contributed by atoms with van der Waals surface area (Å²) in [6, 6.07) is 12.6. The molecule has 1 fully saturated rings. The van der Waals surface area contributed by atoms with Gasteiger partial charge in [0.25, 0.3) is 5.91 Å². The Hall–Kier alpha value is -2.23. The molecule has 2 aliphatic rings. The highest BCUT2D eigenvalue weighted by atomic mass is 16.2. The molecule has 1 aromatic heterocycles. The normalized spacial score (nSPS) is 19.2. The van der Waals surface area contributed by atoms with Gasteiger partial charge in [0.2, 0.25) is 0 Å². The smallest absolute Gasteiger partial charge is 0.270 e. The molecule has 120 valence electrons. The van der Waals surface area contributed by atoms with E-state index in [0.717, 1.165) is 38.2 Å². The van der Waals surface area contributed by atoms with E-state index < -0.39 is 0 Å². The second-order valence-electron chi connectivity index (χ2n) is 6.95. The van der Waals surface area contributed by atoms with E-state index in [-0.39, 0.29) is 11.3 Å². The number of likely N-dealkylation sites (N-methyl/N-ethyl adjacent to an activating group) is 1. The van der Waals surface area contributed by atoms with E-state index in [1.54, 1.807) is 0 Å². The van der Waals surface area contributed by atoms with Crippen molar-refractivity contribution in [3.8, 4) is 0 Å². The molecule has 2 aliphatic heterocycles. The van der Waals surface area contributed by atoms with Gasteiger partial charge in [-0.3, -0.25) is 4.79 Å². The van der Waals surface area contributed by atoms with Crippen LogP contribution in [0.25, 0.3) is 0 Å². The molecule has 0 bridgehead atoms. The van der Waals surface area contributed by atoms with Crippen LogP contribution in [0.2, 0.25) is 0 Å². The minimum absolute atomic E-state index is 0.159. The molecule has 3 heterocycles. The molecule has 1 amide bonds. The number of benzene rings is 1. The fraction of sp³-hybridized carbons (Fsp3) is 0.421. The van der Waals surface area contributed by atoms with E-state index in [0.29, 0.717) is 0 Å². The van der Waals surface area contributed by atoms with Crippen LogP contribution in [0.5, 0.6) is 0 Å². The maximum Gasteiger partial charge on any atom is 0.270 e. The highest BCUT2D eigenvalue weighted by Gasteiger charge is 2.44.